The lowest BCUT2D eigenvalue weighted by atomic mass is 10.0. The molecular formula is C17H19Cl2N3O3. The number of aliphatic hydroxyl groups is 1. The first-order chi connectivity index (χ1) is 11.9. The number of hydrogen-bond donors (Lipinski definition) is 3. The molecule has 0 radical (unpaired) electrons. The number of carboxylic acid groups (broad SMARTS) is 1. The molecule has 0 aliphatic carbocycles. The molecule has 134 valence electrons. The second-order valence-corrected chi connectivity index (χ2v) is 7.05. The van der Waals surface area contributed by atoms with E-state index >= 15 is 0 Å². The van der Waals surface area contributed by atoms with Crippen molar-refractivity contribution in [2.24, 2.45) is 0 Å². The van der Waals surface area contributed by atoms with Gasteiger partial charge in [-0.1, -0.05) is 23.2 Å². The Bertz CT molecular complexity index is 782. The van der Waals surface area contributed by atoms with Gasteiger partial charge in [0.05, 0.1) is 22.7 Å². The average Bonchev–Trinajstić information content (AvgIpc) is 2.56. The summed E-state index contributed by atoms with van der Waals surface area (Å²) in [6.45, 7) is 1.85. The van der Waals surface area contributed by atoms with Crippen LogP contribution in [0.3, 0.4) is 0 Å². The summed E-state index contributed by atoms with van der Waals surface area (Å²) in [4.78, 5) is 17.2. The Labute approximate surface area is 155 Å². The Hall–Kier alpha value is -1.60. The van der Waals surface area contributed by atoms with Gasteiger partial charge in [0.1, 0.15) is 0 Å². The van der Waals surface area contributed by atoms with Crippen molar-refractivity contribution in [3.63, 3.8) is 0 Å². The van der Waals surface area contributed by atoms with E-state index < -0.39 is 18.2 Å². The molecular weight excluding hydrogens is 365 g/mol. The van der Waals surface area contributed by atoms with Gasteiger partial charge in [0.15, 0.2) is 0 Å². The molecule has 0 bridgehead atoms. The van der Waals surface area contributed by atoms with Crippen molar-refractivity contribution < 1.29 is 15.0 Å². The summed E-state index contributed by atoms with van der Waals surface area (Å²) in [7, 11) is 0. The predicted molar refractivity (Wildman–Crippen MR) is 97.5 cm³/mol. The number of β-amino-alcohol motifs (C(OH)–C–C–N with tert-alkyl or cyclic N) is 1. The number of carbonyl (C=O) groups is 1. The third-order valence-electron chi connectivity index (χ3n) is 4.54. The van der Waals surface area contributed by atoms with Crippen molar-refractivity contribution in [3.05, 3.63) is 40.0 Å². The molecule has 25 heavy (non-hydrogen) atoms. The fourth-order valence-corrected chi connectivity index (χ4v) is 3.66. The van der Waals surface area contributed by atoms with E-state index in [1.54, 1.807) is 12.3 Å². The summed E-state index contributed by atoms with van der Waals surface area (Å²) in [5, 5.41) is 23.4. The number of nitrogens with one attached hydrogen (secondary N) is 1. The zero-order valence-corrected chi connectivity index (χ0v) is 15.0. The molecule has 0 unspecified atom stereocenters. The standard InChI is InChI=1S/C17H19Cl2N3O3/c18-10-1-2-14-12(7-10)11(13(19)8-20-14)3-5-22-6-4-15(16(23)9-22)21-17(24)25/h1-2,7-8,15-16,21,23H,3-6,9H2,(H,24,25)/t15-,16+/m1/s1. The fraction of sp³-hybridized carbons (Fsp3) is 0.412. The maximum absolute atomic E-state index is 10.7. The fourth-order valence-electron chi connectivity index (χ4n) is 3.25. The van der Waals surface area contributed by atoms with E-state index in [4.69, 9.17) is 28.3 Å². The maximum atomic E-state index is 10.7. The van der Waals surface area contributed by atoms with Gasteiger partial charge in [-0.05, 0) is 36.6 Å². The highest BCUT2D eigenvalue weighted by Gasteiger charge is 2.28. The van der Waals surface area contributed by atoms with Crippen LogP contribution in [0.5, 0.6) is 0 Å². The van der Waals surface area contributed by atoms with E-state index in [0.29, 0.717) is 42.5 Å². The Morgan fingerprint density at radius 2 is 2.20 bits per heavy atom. The lowest BCUT2D eigenvalue weighted by Gasteiger charge is -2.35. The van der Waals surface area contributed by atoms with Gasteiger partial charge in [0.25, 0.3) is 0 Å². The number of benzene rings is 1. The first kappa shape index (κ1) is 18.2. The van der Waals surface area contributed by atoms with E-state index in [9.17, 15) is 9.90 Å². The quantitative estimate of drug-likeness (QED) is 0.755. The summed E-state index contributed by atoms with van der Waals surface area (Å²) in [6.07, 6.45) is 1.09. The molecule has 2 aromatic rings. The van der Waals surface area contributed by atoms with Crippen molar-refractivity contribution in [3.8, 4) is 0 Å². The number of nitrogens with zero attached hydrogens (tertiary/aromatic N) is 2. The van der Waals surface area contributed by atoms with Crippen LogP contribution in [0.25, 0.3) is 10.9 Å². The first-order valence-electron chi connectivity index (χ1n) is 8.06. The Kier molecular flexibility index (Phi) is 5.64. The first-order valence-corrected chi connectivity index (χ1v) is 8.82. The van der Waals surface area contributed by atoms with Crippen molar-refractivity contribution in [2.45, 2.75) is 25.0 Å². The van der Waals surface area contributed by atoms with Crippen LogP contribution in [0.2, 0.25) is 10.0 Å². The van der Waals surface area contributed by atoms with E-state index in [1.807, 2.05) is 12.1 Å². The molecule has 8 heteroatoms. The molecule has 2 atom stereocenters. The van der Waals surface area contributed by atoms with Gasteiger partial charge in [-0.25, -0.2) is 4.79 Å². The molecule has 1 aliphatic rings. The largest absolute Gasteiger partial charge is 0.465 e. The van der Waals surface area contributed by atoms with Crippen molar-refractivity contribution >= 4 is 40.2 Å². The lowest BCUT2D eigenvalue weighted by Crippen LogP contribution is -2.54. The molecule has 1 saturated heterocycles. The van der Waals surface area contributed by atoms with E-state index in [-0.39, 0.29) is 0 Å². The molecule has 1 amide bonds. The smallest absolute Gasteiger partial charge is 0.404 e. The number of piperidine rings is 1. The number of halogens is 2. The van der Waals surface area contributed by atoms with Crippen molar-refractivity contribution in [1.29, 1.82) is 0 Å². The van der Waals surface area contributed by atoms with Gasteiger partial charge in [-0.3, -0.25) is 4.98 Å². The average molecular weight is 384 g/mol. The molecule has 0 saturated carbocycles. The van der Waals surface area contributed by atoms with Crippen LogP contribution in [-0.2, 0) is 6.42 Å². The zero-order valence-electron chi connectivity index (χ0n) is 13.5. The molecule has 2 heterocycles. The van der Waals surface area contributed by atoms with Crippen LogP contribution in [0, 0.1) is 0 Å². The van der Waals surface area contributed by atoms with Gasteiger partial charge >= 0.3 is 6.09 Å². The molecule has 1 aromatic carbocycles. The summed E-state index contributed by atoms with van der Waals surface area (Å²) in [5.74, 6) is 0. The normalized spacial score (nSPS) is 21.4. The third-order valence-corrected chi connectivity index (χ3v) is 5.10. The minimum Gasteiger partial charge on any atom is -0.465 e. The zero-order chi connectivity index (χ0) is 18.0. The van der Waals surface area contributed by atoms with E-state index in [1.165, 1.54) is 0 Å². The van der Waals surface area contributed by atoms with E-state index in [2.05, 4.69) is 15.2 Å². The van der Waals surface area contributed by atoms with Crippen LogP contribution in [0.4, 0.5) is 4.79 Å². The number of likely N-dealkylation sites (tertiary alicyclic amines) is 1. The van der Waals surface area contributed by atoms with Gasteiger partial charge in [0.2, 0.25) is 0 Å². The molecule has 6 nitrogen and oxygen atoms in total. The second kappa shape index (κ2) is 7.74. The number of fused-ring (bicyclic) bond motifs is 1. The monoisotopic (exact) mass is 383 g/mol. The summed E-state index contributed by atoms with van der Waals surface area (Å²) < 4.78 is 0. The summed E-state index contributed by atoms with van der Waals surface area (Å²) >= 11 is 12.4. The lowest BCUT2D eigenvalue weighted by molar-refractivity contribution is 0.0413. The Morgan fingerprint density at radius 3 is 2.92 bits per heavy atom. The maximum Gasteiger partial charge on any atom is 0.404 e. The minimum absolute atomic E-state index is 0.419. The number of hydrogen-bond acceptors (Lipinski definition) is 4. The van der Waals surface area contributed by atoms with Gasteiger partial charge in [-0.2, -0.15) is 0 Å². The SMILES string of the molecule is O=C(O)N[C@@H]1CCN(CCc2c(Cl)cnc3ccc(Cl)cc23)C[C@@H]1O. The third kappa shape index (κ3) is 4.33. The van der Waals surface area contributed by atoms with Crippen molar-refractivity contribution in [1.82, 2.24) is 15.2 Å². The van der Waals surface area contributed by atoms with Crippen molar-refractivity contribution in [2.75, 3.05) is 19.6 Å². The van der Waals surface area contributed by atoms with E-state index in [0.717, 1.165) is 16.5 Å². The van der Waals surface area contributed by atoms with Crippen LogP contribution < -0.4 is 5.32 Å². The number of amides is 1. The second-order valence-electron chi connectivity index (χ2n) is 6.21. The number of aromatic nitrogens is 1. The Balaban J connectivity index is 1.68. The van der Waals surface area contributed by atoms with Gasteiger partial charge in [-0.15, -0.1) is 0 Å². The molecule has 3 N–H and O–H groups in total. The summed E-state index contributed by atoms with van der Waals surface area (Å²) in [5.41, 5.74) is 1.82. The van der Waals surface area contributed by atoms with Crippen LogP contribution >= 0.6 is 23.2 Å². The van der Waals surface area contributed by atoms with Gasteiger partial charge in [0, 0.05) is 36.2 Å². The molecule has 0 spiro atoms. The number of rotatable bonds is 4. The Morgan fingerprint density at radius 1 is 1.40 bits per heavy atom. The van der Waals surface area contributed by atoms with Crippen LogP contribution in [0.15, 0.2) is 24.4 Å². The highest BCUT2D eigenvalue weighted by Crippen LogP contribution is 2.27. The molecule has 1 aliphatic heterocycles. The number of pyridine rings is 1. The highest BCUT2D eigenvalue weighted by molar-refractivity contribution is 6.33. The van der Waals surface area contributed by atoms with Gasteiger partial charge < -0.3 is 20.4 Å². The summed E-state index contributed by atoms with van der Waals surface area (Å²) in [6, 6.07) is 5.11. The number of aliphatic hydroxyl groups excluding tert-OH is 1. The molecule has 3 rings (SSSR count). The highest BCUT2D eigenvalue weighted by atomic mass is 35.5. The van der Waals surface area contributed by atoms with Crippen LogP contribution in [-0.4, -0.2) is 58.0 Å². The minimum atomic E-state index is -1.11. The predicted octanol–water partition coefficient (Wildman–Crippen LogP) is 2.79. The molecule has 1 aromatic heterocycles. The molecule has 1 fully saturated rings. The van der Waals surface area contributed by atoms with Crippen LogP contribution in [0.1, 0.15) is 12.0 Å². The topological polar surface area (TPSA) is 85.7 Å².